The van der Waals surface area contributed by atoms with E-state index >= 15 is 0 Å². The van der Waals surface area contributed by atoms with Crippen LogP contribution < -0.4 is 10.1 Å². The third-order valence-electron chi connectivity index (χ3n) is 2.94. The Hall–Kier alpha value is -1.20. The van der Waals surface area contributed by atoms with E-state index in [1.54, 1.807) is 7.11 Å². The smallest absolute Gasteiger partial charge is 0.234 e. The molecule has 0 bridgehead atoms. The number of hydrogen-bond donors (Lipinski definition) is 1. The zero-order valence-corrected chi connectivity index (χ0v) is 9.88. The molecule has 2 aromatic heterocycles. The number of ether oxygens (including phenoxy) is 1. The summed E-state index contributed by atoms with van der Waals surface area (Å²) in [4.78, 5) is 5.60. The second-order valence-electron chi connectivity index (χ2n) is 3.93. The molecular weight excluding hydrogens is 222 g/mol. The van der Waals surface area contributed by atoms with Crippen LogP contribution in [0.4, 0.5) is 0 Å². The maximum Gasteiger partial charge on any atom is 0.234 e. The second-order valence-corrected chi connectivity index (χ2v) is 4.68. The third-order valence-corrected chi connectivity index (χ3v) is 3.68. The molecule has 0 aliphatic carbocycles. The Morgan fingerprint density at radius 2 is 2.44 bits per heavy atom. The number of nitrogens with one attached hydrogen (secondary N) is 1. The molecular formula is C11H13N3OS. The van der Waals surface area contributed by atoms with E-state index in [0.29, 0.717) is 11.9 Å². The van der Waals surface area contributed by atoms with E-state index in [9.17, 15) is 0 Å². The highest BCUT2D eigenvalue weighted by molar-refractivity contribution is 7.13. The molecule has 0 radical (unpaired) electrons. The van der Waals surface area contributed by atoms with E-state index in [0.717, 1.165) is 22.5 Å². The fourth-order valence-electron chi connectivity index (χ4n) is 2.10. The average Bonchev–Trinajstić information content (AvgIpc) is 2.97. The summed E-state index contributed by atoms with van der Waals surface area (Å²) < 4.78 is 9.39. The Balaban J connectivity index is 2.02. The quantitative estimate of drug-likeness (QED) is 0.866. The summed E-state index contributed by atoms with van der Waals surface area (Å²) >= 11 is 1.40. The highest BCUT2D eigenvalue weighted by atomic mass is 32.1. The van der Waals surface area contributed by atoms with Crippen molar-refractivity contribution in [3.05, 3.63) is 17.8 Å². The van der Waals surface area contributed by atoms with Crippen LogP contribution in [0.1, 0.15) is 24.6 Å². The second kappa shape index (κ2) is 3.99. The van der Waals surface area contributed by atoms with E-state index in [1.165, 1.54) is 24.4 Å². The van der Waals surface area contributed by atoms with Crippen LogP contribution in [0.3, 0.4) is 0 Å². The molecule has 16 heavy (non-hydrogen) atoms. The van der Waals surface area contributed by atoms with Crippen molar-refractivity contribution in [3.63, 3.8) is 0 Å². The van der Waals surface area contributed by atoms with Gasteiger partial charge in [-0.3, -0.25) is 0 Å². The van der Waals surface area contributed by atoms with E-state index in [-0.39, 0.29) is 0 Å². The molecule has 4 nitrogen and oxygen atoms in total. The first-order chi connectivity index (χ1) is 7.88. The van der Waals surface area contributed by atoms with Gasteiger partial charge in [0.15, 0.2) is 0 Å². The lowest BCUT2D eigenvalue weighted by Crippen LogP contribution is -2.13. The van der Waals surface area contributed by atoms with Crippen LogP contribution in [0.5, 0.6) is 5.88 Å². The third kappa shape index (κ3) is 1.56. The van der Waals surface area contributed by atoms with Gasteiger partial charge >= 0.3 is 0 Å². The predicted molar refractivity (Wildman–Crippen MR) is 63.9 cm³/mol. The number of methoxy groups -OCH3 is 1. The molecule has 5 heteroatoms. The number of aromatic nitrogens is 2. The van der Waals surface area contributed by atoms with Gasteiger partial charge in [0.05, 0.1) is 18.2 Å². The molecule has 1 atom stereocenters. The van der Waals surface area contributed by atoms with Gasteiger partial charge in [-0.2, -0.15) is 4.37 Å². The lowest BCUT2D eigenvalue weighted by atomic mass is 10.1. The van der Waals surface area contributed by atoms with Crippen molar-refractivity contribution in [3.8, 4) is 5.88 Å². The summed E-state index contributed by atoms with van der Waals surface area (Å²) in [5.41, 5.74) is 1.12. The minimum absolute atomic E-state index is 0.414. The normalized spacial score (nSPS) is 20.4. The maximum absolute atomic E-state index is 5.18. The largest absolute Gasteiger partial charge is 0.480 e. The number of nitrogens with zero attached hydrogens (tertiary/aromatic N) is 2. The van der Waals surface area contributed by atoms with Crippen molar-refractivity contribution in [2.45, 2.75) is 18.9 Å². The molecule has 0 amide bonds. The minimum atomic E-state index is 0.414. The van der Waals surface area contributed by atoms with Crippen molar-refractivity contribution in [1.29, 1.82) is 0 Å². The molecule has 0 spiro atoms. The van der Waals surface area contributed by atoms with Gasteiger partial charge in [0, 0.05) is 6.04 Å². The molecule has 84 valence electrons. The number of fused-ring (bicyclic) bond motifs is 1. The van der Waals surface area contributed by atoms with E-state index in [4.69, 9.17) is 4.74 Å². The summed E-state index contributed by atoms with van der Waals surface area (Å²) in [5.74, 6) is 0.679. The monoisotopic (exact) mass is 235 g/mol. The van der Waals surface area contributed by atoms with Crippen molar-refractivity contribution in [1.82, 2.24) is 14.7 Å². The molecule has 1 aliphatic heterocycles. The number of hydrogen-bond acceptors (Lipinski definition) is 5. The fourth-order valence-corrected chi connectivity index (χ4v) is 2.84. The Morgan fingerprint density at radius 3 is 3.19 bits per heavy atom. The van der Waals surface area contributed by atoms with Gasteiger partial charge < -0.3 is 10.1 Å². The molecule has 1 N–H and O–H groups in total. The van der Waals surface area contributed by atoms with Crippen LogP contribution in [0, 0.1) is 0 Å². The SMILES string of the molecule is COc1nsc2nc(C3CCCN3)ccc12. The molecule has 2 aromatic rings. The average molecular weight is 235 g/mol. The highest BCUT2D eigenvalue weighted by Gasteiger charge is 2.18. The van der Waals surface area contributed by atoms with Crippen molar-refractivity contribution < 1.29 is 4.74 Å². The first kappa shape index (κ1) is 9.99. The lowest BCUT2D eigenvalue weighted by molar-refractivity contribution is 0.407. The topological polar surface area (TPSA) is 47.0 Å². The Bertz CT molecular complexity index is 505. The molecule has 1 aliphatic rings. The summed E-state index contributed by atoms with van der Waals surface area (Å²) in [7, 11) is 1.64. The van der Waals surface area contributed by atoms with Crippen LogP contribution in [-0.4, -0.2) is 23.0 Å². The molecule has 3 heterocycles. The number of pyridine rings is 1. The molecule has 1 unspecified atom stereocenters. The molecule has 0 aromatic carbocycles. The molecule has 0 saturated carbocycles. The van der Waals surface area contributed by atoms with Gasteiger partial charge in [0.25, 0.3) is 0 Å². The molecule has 1 fully saturated rings. The van der Waals surface area contributed by atoms with Crippen molar-refractivity contribution in [2.24, 2.45) is 0 Å². The van der Waals surface area contributed by atoms with Gasteiger partial charge in [-0.1, -0.05) is 0 Å². The van der Waals surface area contributed by atoms with E-state index in [2.05, 4.69) is 26.8 Å². The summed E-state index contributed by atoms with van der Waals surface area (Å²) in [6, 6.07) is 4.54. The highest BCUT2D eigenvalue weighted by Crippen LogP contribution is 2.29. The van der Waals surface area contributed by atoms with Crippen molar-refractivity contribution >= 4 is 21.7 Å². The fraction of sp³-hybridized carbons (Fsp3) is 0.455. The maximum atomic E-state index is 5.18. The van der Waals surface area contributed by atoms with Crippen LogP contribution in [-0.2, 0) is 0 Å². The summed E-state index contributed by atoms with van der Waals surface area (Å²) in [6.45, 7) is 1.09. The Labute approximate surface area is 97.8 Å². The van der Waals surface area contributed by atoms with Crippen molar-refractivity contribution in [2.75, 3.05) is 13.7 Å². The zero-order valence-electron chi connectivity index (χ0n) is 9.06. The van der Waals surface area contributed by atoms with Crippen LogP contribution in [0.15, 0.2) is 12.1 Å². The Kier molecular flexibility index (Phi) is 2.49. The molecule has 3 rings (SSSR count). The van der Waals surface area contributed by atoms with Crippen LogP contribution in [0.25, 0.3) is 10.2 Å². The Morgan fingerprint density at radius 1 is 1.50 bits per heavy atom. The summed E-state index contributed by atoms with van der Waals surface area (Å²) in [5, 5.41) is 4.46. The first-order valence-electron chi connectivity index (χ1n) is 5.42. The van der Waals surface area contributed by atoms with Gasteiger partial charge in [-0.25, -0.2) is 4.98 Å². The predicted octanol–water partition coefficient (Wildman–Crippen LogP) is 2.12. The van der Waals surface area contributed by atoms with E-state index < -0.39 is 0 Å². The lowest BCUT2D eigenvalue weighted by Gasteiger charge is -2.08. The minimum Gasteiger partial charge on any atom is -0.480 e. The van der Waals surface area contributed by atoms with Crippen LogP contribution in [0.2, 0.25) is 0 Å². The van der Waals surface area contributed by atoms with E-state index in [1.807, 2.05) is 0 Å². The molecule has 1 saturated heterocycles. The zero-order chi connectivity index (χ0) is 11.0. The van der Waals surface area contributed by atoms with Gasteiger partial charge in [0.2, 0.25) is 5.88 Å². The standard InChI is InChI=1S/C11H13N3OS/c1-15-10-7-4-5-9(8-3-2-6-12-8)13-11(7)16-14-10/h4-5,8,12H,2-3,6H2,1H3. The van der Waals surface area contributed by atoms with Gasteiger partial charge in [-0.15, -0.1) is 0 Å². The first-order valence-corrected chi connectivity index (χ1v) is 6.19. The number of rotatable bonds is 2. The summed E-state index contributed by atoms with van der Waals surface area (Å²) in [6.07, 6.45) is 2.41. The van der Waals surface area contributed by atoms with Gasteiger partial charge in [-0.05, 0) is 43.1 Å². The van der Waals surface area contributed by atoms with Gasteiger partial charge in [0.1, 0.15) is 4.83 Å². The van der Waals surface area contributed by atoms with Crippen LogP contribution >= 0.6 is 11.5 Å².